The number of nitrogens with one attached hydrogen (secondary N) is 1. The van der Waals surface area contributed by atoms with Crippen molar-refractivity contribution in [3.8, 4) is 0 Å². The highest BCUT2D eigenvalue weighted by atomic mass is 35.5. The van der Waals surface area contributed by atoms with E-state index in [4.69, 9.17) is 16.7 Å². The van der Waals surface area contributed by atoms with E-state index in [1.54, 1.807) is 12.1 Å². The number of benzene rings is 1. The van der Waals surface area contributed by atoms with Crippen LogP contribution in [0.15, 0.2) is 23.1 Å². The topological polar surface area (TPSA) is 66.4 Å². The monoisotopic (exact) mass is 275 g/mol. The fraction of sp³-hybridized carbons (Fsp3) is 0.455. The van der Waals surface area contributed by atoms with Gasteiger partial charge in [0.05, 0.1) is 11.1 Å². The predicted octanol–water partition coefficient (Wildman–Crippen LogP) is 1.45. The molecule has 0 aliphatic heterocycles. The highest BCUT2D eigenvalue weighted by Gasteiger charge is 2.31. The molecule has 0 bridgehead atoms. The van der Waals surface area contributed by atoms with Gasteiger partial charge in [-0.3, -0.25) is 0 Å². The Morgan fingerprint density at radius 2 is 2.06 bits per heavy atom. The largest absolute Gasteiger partial charge is 0.393 e. The molecule has 6 heteroatoms. The summed E-state index contributed by atoms with van der Waals surface area (Å²) in [5, 5.41) is 9.34. The van der Waals surface area contributed by atoms with E-state index in [2.05, 4.69) is 4.72 Å². The van der Waals surface area contributed by atoms with E-state index in [0.29, 0.717) is 12.8 Å². The number of aryl methyl sites for hydroxylation is 1. The first-order chi connectivity index (χ1) is 7.88. The molecule has 0 saturated heterocycles. The molecule has 0 unspecified atom stereocenters. The van der Waals surface area contributed by atoms with Crippen LogP contribution in [0, 0.1) is 6.92 Å². The van der Waals surface area contributed by atoms with E-state index < -0.39 is 16.1 Å². The van der Waals surface area contributed by atoms with Crippen LogP contribution in [0.4, 0.5) is 0 Å². The molecule has 0 radical (unpaired) electrons. The van der Waals surface area contributed by atoms with Gasteiger partial charge in [-0.15, -0.1) is 0 Å². The molecule has 1 aromatic carbocycles. The Hall–Kier alpha value is -0.620. The fourth-order valence-electron chi connectivity index (χ4n) is 1.79. The molecule has 1 aromatic rings. The van der Waals surface area contributed by atoms with Gasteiger partial charge in [0.1, 0.15) is 4.90 Å². The molecule has 0 amide bonds. The van der Waals surface area contributed by atoms with Gasteiger partial charge in [-0.1, -0.05) is 17.7 Å². The third-order valence-electron chi connectivity index (χ3n) is 2.81. The van der Waals surface area contributed by atoms with Gasteiger partial charge in [0.25, 0.3) is 0 Å². The summed E-state index contributed by atoms with van der Waals surface area (Å²) in [6.07, 6.45) is 0.530. The van der Waals surface area contributed by atoms with Gasteiger partial charge < -0.3 is 5.11 Å². The molecule has 0 aromatic heterocycles. The number of aliphatic hydroxyl groups is 1. The molecular weight excluding hydrogens is 262 g/mol. The maximum absolute atomic E-state index is 12.0. The predicted molar refractivity (Wildman–Crippen MR) is 65.5 cm³/mol. The summed E-state index contributed by atoms with van der Waals surface area (Å²) in [4.78, 5) is 0.0890. The van der Waals surface area contributed by atoms with Gasteiger partial charge in [-0.2, -0.15) is 0 Å². The van der Waals surface area contributed by atoms with Crippen LogP contribution in [0.5, 0.6) is 0 Å². The Morgan fingerprint density at radius 3 is 2.59 bits per heavy atom. The summed E-state index contributed by atoms with van der Waals surface area (Å²) in [7, 11) is -3.58. The van der Waals surface area contributed by atoms with Gasteiger partial charge in [0.15, 0.2) is 0 Å². The number of rotatable bonds is 3. The zero-order valence-corrected chi connectivity index (χ0v) is 10.9. The van der Waals surface area contributed by atoms with Gasteiger partial charge in [0, 0.05) is 6.04 Å². The Balaban J connectivity index is 2.20. The molecule has 2 N–H and O–H groups in total. The van der Waals surface area contributed by atoms with Crippen LogP contribution in [0.3, 0.4) is 0 Å². The number of hydrogen-bond acceptors (Lipinski definition) is 3. The number of halogens is 1. The summed E-state index contributed by atoms with van der Waals surface area (Å²) < 4.78 is 26.5. The fourth-order valence-corrected chi connectivity index (χ4v) is 3.65. The normalized spacial score (nSPS) is 24.4. The van der Waals surface area contributed by atoms with Crippen molar-refractivity contribution < 1.29 is 13.5 Å². The molecule has 4 nitrogen and oxygen atoms in total. The highest BCUT2D eigenvalue weighted by molar-refractivity contribution is 7.89. The zero-order valence-electron chi connectivity index (χ0n) is 9.35. The molecule has 1 fully saturated rings. The van der Waals surface area contributed by atoms with Gasteiger partial charge in [-0.05, 0) is 37.5 Å². The number of aliphatic hydroxyl groups excluding tert-OH is 1. The molecule has 1 saturated carbocycles. The van der Waals surface area contributed by atoms with Crippen LogP contribution in [0.25, 0.3) is 0 Å². The lowest BCUT2D eigenvalue weighted by atomic mass is 9.91. The van der Waals surface area contributed by atoms with Crippen molar-refractivity contribution >= 4 is 21.6 Å². The Bertz CT molecular complexity index is 524. The molecule has 17 heavy (non-hydrogen) atoms. The lowest BCUT2D eigenvalue weighted by Crippen LogP contribution is -2.46. The maximum Gasteiger partial charge on any atom is 0.242 e. The van der Waals surface area contributed by atoms with Crippen molar-refractivity contribution in [2.75, 3.05) is 0 Å². The van der Waals surface area contributed by atoms with Gasteiger partial charge in [-0.25, -0.2) is 13.1 Å². The van der Waals surface area contributed by atoms with Crippen molar-refractivity contribution in [1.29, 1.82) is 0 Å². The molecular formula is C11H14ClNO3S. The van der Waals surface area contributed by atoms with Crippen LogP contribution in [-0.2, 0) is 10.0 Å². The van der Waals surface area contributed by atoms with Crippen LogP contribution >= 0.6 is 11.6 Å². The molecule has 94 valence electrons. The minimum Gasteiger partial charge on any atom is -0.393 e. The van der Waals surface area contributed by atoms with E-state index in [-0.39, 0.29) is 16.0 Å². The zero-order chi connectivity index (χ0) is 12.6. The Kier molecular flexibility index (Phi) is 3.45. The molecule has 2 rings (SSSR count). The molecule has 0 heterocycles. The summed E-state index contributed by atoms with van der Waals surface area (Å²) >= 11 is 5.92. The van der Waals surface area contributed by atoms with Gasteiger partial charge in [0.2, 0.25) is 10.0 Å². The van der Waals surface area contributed by atoms with Crippen molar-refractivity contribution in [2.24, 2.45) is 0 Å². The summed E-state index contributed by atoms with van der Waals surface area (Å²) in [5.41, 5.74) is 0.910. The van der Waals surface area contributed by atoms with Crippen LogP contribution in [0.2, 0.25) is 5.02 Å². The van der Waals surface area contributed by atoms with E-state index >= 15 is 0 Å². The first-order valence-electron chi connectivity index (χ1n) is 5.35. The lowest BCUT2D eigenvalue weighted by molar-refractivity contribution is 0.0712. The third kappa shape index (κ3) is 2.80. The van der Waals surface area contributed by atoms with Crippen molar-refractivity contribution in [3.63, 3.8) is 0 Å². The Morgan fingerprint density at radius 1 is 1.41 bits per heavy atom. The molecule has 1 aliphatic rings. The number of hydrogen-bond donors (Lipinski definition) is 2. The second kappa shape index (κ2) is 4.57. The van der Waals surface area contributed by atoms with Crippen LogP contribution < -0.4 is 4.72 Å². The Labute approximate surface area is 106 Å². The smallest absolute Gasteiger partial charge is 0.242 e. The average Bonchev–Trinajstić information content (AvgIpc) is 2.14. The molecule has 1 aliphatic carbocycles. The average molecular weight is 276 g/mol. The second-order valence-corrected chi connectivity index (χ2v) is 6.47. The van der Waals surface area contributed by atoms with Crippen molar-refractivity contribution in [1.82, 2.24) is 4.72 Å². The summed E-state index contributed by atoms with van der Waals surface area (Å²) in [6, 6.07) is 4.63. The van der Waals surface area contributed by atoms with E-state index in [1.165, 1.54) is 6.07 Å². The van der Waals surface area contributed by atoms with E-state index in [0.717, 1.165) is 5.56 Å². The van der Waals surface area contributed by atoms with Gasteiger partial charge >= 0.3 is 0 Å². The molecule has 0 spiro atoms. The standard InChI is InChI=1S/C11H14ClNO3S/c1-7-2-3-11(10(12)4-7)17(15,16)13-8-5-9(14)6-8/h2-4,8-9,13-14H,5-6H2,1H3. The van der Waals surface area contributed by atoms with Crippen molar-refractivity contribution in [2.45, 2.75) is 36.8 Å². The molecule has 0 atom stereocenters. The lowest BCUT2D eigenvalue weighted by Gasteiger charge is -2.31. The van der Waals surface area contributed by atoms with E-state index in [9.17, 15) is 8.42 Å². The minimum absolute atomic E-state index is 0.0890. The maximum atomic E-state index is 12.0. The summed E-state index contributed by atoms with van der Waals surface area (Å²) in [5.74, 6) is 0. The first-order valence-corrected chi connectivity index (χ1v) is 7.21. The van der Waals surface area contributed by atoms with Crippen LogP contribution in [0.1, 0.15) is 18.4 Å². The first kappa shape index (κ1) is 12.8. The highest BCUT2D eigenvalue weighted by Crippen LogP contribution is 2.26. The second-order valence-electron chi connectivity index (χ2n) is 4.38. The van der Waals surface area contributed by atoms with Crippen molar-refractivity contribution in [3.05, 3.63) is 28.8 Å². The minimum atomic E-state index is -3.58. The SMILES string of the molecule is Cc1ccc(S(=O)(=O)NC2CC(O)C2)c(Cl)c1. The quantitative estimate of drug-likeness (QED) is 0.877. The summed E-state index contributed by atoms with van der Waals surface area (Å²) in [6.45, 7) is 1.85. The van der Waals surface area contributed by atoms with E-state index in [1.807, 2.05) is 6.92 Å². The third-order valence-corrected chi connectivity index (χ3v) is 4.82. The van der Waals surface area contributed by atoms with Crippen LogP contribution in [-0.4, -0.2) is 25.7 Å². The number of sulfonamides is 1.